The fourth-order valence-electron chi connectivity index (χ4n) is 1.74. The van der Waals surface area contributed by atoms with Crippen LogP contribution in [0.3, 0.4) is 0 Å². The maximum absolute atomic E-state index is 11.5. The van der Waals surface area contributed by atoms with Crippen molar-refractivity contribution in [1.29, 1.82) is 0 Å². The minimum absolute atomic E-state index is 0.285. The summed E-state index contributed by atoms with van der Waals surface area (Å²) in [4.78, 5) is 11.5. The fraction of sp³-hybridized carbons (Fsp3) is 0.188. The molecular formula is C16H16BrNO2. The quantitative estimate of drug-likeness (QED) is 0.832. The second-order valence-corrected chi connectivity index (χ2v) is 5.19. The first-order valence-electron chi connectivity index (χ1n) is 6.44. The van der Waals surface area contributed by atoms with Gasteiger partial charge in [-0.15, -0.1) is 0 Å². The van der Waals surface area contributed by atoms with Gasteiger partial charge in [-0.25, -0.2) is 4.79 Å². The van der Waals surface area contributed by atoms with E-state index in [9.17, 15) is 4.79 Å². The van der Waals surface area contributed by atoms with Crippen LogP contribution in [0.1, 0.15) is 22.8 Å². The van der Waals surface area contributed by atoms with Gasteiger partial charge in [0.2, 0.25) is 0 Å². The van der Waals surface area contributed by atoms with Crippen molar-refractivity contribution in [2.24, 2.45) is 0 Å². The summed E-state index contributed by atoms with van der Waals surface area (Å²) in [6.07, 6.45) is 0. The first kappa shape index (κ1) is 14.6. The number of hydrogen-bond acceptors (Lipinski definition) is 3. The van der Waals surface area contributed by atoms with Crippen LogP contribution in [-0.4, -0.2) is 12.6 Å². The molecule has 20 heavy (non-hydrogen) atoms. The molecule has 0 amide bonds. The largest absolute Gasteiger partial charge is 0.462 e. The molecule has 0 aromatic heterocycles. The Bertz CT molecular complexity index is 564. The molecule has 0 spiro atoms. The van der Waals surface area contributed by atoms with Gasteiger partial charge >= 0.3 is 5.97 Å². The first-order chi connectivity index (χ1) is 9.69. The van der Waals surface area contributed by atoms with Gasteiger partial charge < -0.3 is 10.1 Å². The predicted molar refractivity (Wildman–Crippen MR) is 83.9 cm³/mol. The number of ether oxygens (including phenoxy) is 1. The Balaban J connectivity index is 1.93. The molecule has 0 heterocycles. The summed E-state index contributed by atoms with van der Waals surface area (Å²) >= 11 is 3.41. The van der Waals surface area contributed by atoms with Crippen LogP contribution in [0, 0.1) is 0 Å². The molecule has 0 atom stereocenters. The van der Waals surface area contributed by atoms with Gasteiger partial charge in [0.15, 0.2) is 0 Å². The third-order valence-electron chi connectivity index (χ3n) is 2.81. The van der Waals surface area contributed by atoms with E-state index < -0.39 is 0 Å². The molecule has 0 aliphatic carbocycles. The summed E-state index contributed by atoms with van der Waals surface area (Å²) in [6.45, 7) is 2.93. The van der Waals surface area contributed by atoms with Crippen molar-refractivity contribution < 1.29 is 9.53 Å². The minimum Gasteiger partial charge on any atom is -0.462 e. The molecule has 4 heteroatoms. The average Bonchev–Trinajstić information content (AvgIpc) is 2.47. The highest BCUT2D eigenvalue weighted by atomic mass is 79.9. The molecule has 0 saturated heterocycles. The Labute approximate surface area is 127 Å². The van der Waals surface area contributed by atoms with Crippen molar-refractivity contribution in [2.45, 2.75) is 13.5 Å². The minimum atomic E-state index is -0.285. The van der Waals surface area contributed by atoms with Gasteiger partial charge in [0.05, 0.1) is 12.2 Å². The molecule has 3 nitrogen and oxygen atoms in total. The average molecular weight is 334 g/mol. The van der Waals surface area contributed by atoms with Gasteiger partial charge in [-0.3, -0.25) is 0 Å². The zero-order valence-corrected chi connectivity index (χ0v) is 12.8. The van der Waals surface area contributed by atoms with Gasteiger partial charge in [0.25, 0.3) is 0 Å². The van der Waals surface area contributed by atoms with Gasteiger partial charge in [-0.1, -0.05) is 28.1 Å². The highest BCUT2D eigenvalue weighted by Crippen LogP contribution is 2.14. The van der Waals surface area contributed by atoms with Crippen LogP contribution in [0.15, 0.2) is 53.0 Å². The Kier molecular flexibility index (Phi) is 5.18. The van der Waals surface area contributed by atoms with Crippen molar-refractivity contribution in [3.8, 4) is 0 Å². The lowest BCUT2D eigenvalue weighted by atomic mass is 10.2. The highest BCUT2D eigenvalue weighted by Gasteiger charge is 2.05. The number of nitrogens with one attached hydrogen (secondary N) is 1. The van der Waals surface area contributed by atoms with E-state index >= 15 is 0 Å². The molecule has 2 rings (SSSR count). The molecule has 0 aliphatic heterocycles. The van der Waals surface area contributed by atoms with E-state index in [0.29, 0.717) is 12.2 Å². The maximum Gasteiger partial charge on any atom is 0.338 e. The lowest BCUT2D eigenvalue weighted by Crippen LogP contribution is -2.05. The number of hydrogen-bond donors (Lipinski definition) is 1. The fourth-order valence-corrected chi connectivity index (χ4v) is 2.01. The Hall–Kier alpha value is -1.81. The number of esters is 1. The second-order valence-electron chi connectivity index (χ2n) is 4.28. The standard InChI is InChI=1S/C16H16BrNO2/c1-2-20-16(19)13-5-9-15(10-6-13)18-11-12-3-7-14(17)8-4-12/h3-10,18H,2,11H2,1H3. The van der Waals surface area contributed by atoms with Gasteiger partial charge in [-0.05, 0) is 48.9 Å². The van der Waals surface area contributed by atoms with Gasteiger partial charge in [0, 0.05) is 16.7 Å². The van der Waals surface area contributed by atoms with E-state index in [2.05, 4.69) is 33.4 Å². The Morgan fingerprint density at radius 2 is 1.75 bits per heavy atom. The molecule has 2 aromatic carbocycles. The molecule has 0 radical (unpaired) electrons. The molecule has 0 bridgehead atoms. The second kappa shape index (κ2) is 7.10. The molecule has 0 saturated carbocycles. The van der Waals surface area contributed by atoms with Crippen LogP contribution in [0.4, 0.5) is 5.69 Å². The monoisotopic (exact) mass is 333 g/mol. The summed E-state index contributed by atoms with van der Waals surface area (Å²) in [5.41, 5.74) is 2.74. The predicted octanol–water partition coefficient (Wildman–Crippen LogP) is 4.24. The molecule has 0 fully saturated rings. The van der Waals surface area contributed by atoms with E-state index in [1.54, 1.807) is 19.1 Å². The third kappa shape index (κ3) is 4.10. The van der Waals surface area contributed by atoms with Gasteiger partial charge in [-0.2, -0.15) is 0 Å². The van der Waals surface area contributed by atoms with Crippen LogP contribution < -0.4 is 5.32 Å². The van der Waals surface area contributed by atoms with Crippen molar-refractivity contribution in [2.75, 3.05) is 11.9 Å². The number of rotatable bonds is 5. The van der Waals surface area contributed by atoms with Crippen LogP contribution in [0.5, 0.6) is 0 Å². The summed E-state index contributed by atoms with van der Waals surface area (Å²) in [5, 5.41) is 3.31. The van der Waals surface area contributed by atoms with E-state index in [-0.39, 0.29) is 5.97 Å². The summed E-state index contributed by atoms with van der Waals surface area (Å²) in [5.74, 6) is -0.285. The van der Waals surface area contributed by atoms with Crippen molar-refractivity contribution in [1.82, 2.24) is 0 Å². The lowest BCUT2D eigenvalue weighted by molar-refractivity contribution is 0.0526. The first-order valence-corrected chi connectivity index (χ1v) is 7.24. The van der Waals surface area contributed by atoms with E-state index in [4.69, 9.17) is 4.74 Å². The SMILES string of the molecule is CCOC(=O)c1ccc(NCc2ccc(Br)cc2)cc1. The number of carbonyl (C=O) groups excluding carboxylic acids is 1. The highest BCUT2D eigenvalue weighted by molar-refractivity contribution is 9.10. The van der Waals surface area contributed by atoms with Crippen LogP contribution >= 0.6 is 15.9 Å². The normalized spacial score (nSPS) is 10.1. The van der Waals surface area contributed by atoms with E-state index in [1.807, 2.05) is 24.3 Å². The summed E-state index contributed by atoms with van der Waals surface area (Å²) < 4.78 is 6.01. The Morgan fingerprint density at radius 1 is 1.10 bits per heavy atom. The van der Waals surface area contributed by atoms with Gasteiger partial charge in [0.1, 0.15) is 0 Å². The molecular weight excluding hydrogens is 318 g/mol. The molecule has 2 aromatic rings. The zero-order chi connectivity index (χ0) is 14.4. The van der Waals surface area contributed by atoms with E-state index in [0.717, 1.165) is 16.7 Å². The molecule has 0 unspecified atom stereocenters. The third-order valence-corrected chi connectivity index (χ3v) is 3.33. The number of benzene rings is 2. The molecule has 1 N–H and O–H groups in total. The van der Waals surface area contributed by atoms with Crippen molar-refractivity contribution in [3.05, 3.63) is 64.1 Å². The molecule has 104 valence electrons. The number of carbonyl (C=O) groups is 1. The molecule has 0 aliphatic rings. The smallest absolute Gasteiger partial charge is 0.338 e. The summed E-state index contributed by atoms with van der Waals surface area (Å²) in [6, 6.07) is 15.4. The number of halogens is 1. The topological polar surface area (TPSA) is 38.3 Å². The number of anilines is 1. The Morgan fingerprint density at radius 3 is 2.35 bits per heavy atom. The maximum atomic E-state index is 11.5. The van der Waals surface area contributed by atoms with E-state index in [1.165, 1.54) is 5.56 Å². The van der Waals surface area contributed by atoms with Crippen molar-refractivity contribution in [3.63, 3.8) is 0 Å². The zero-order valence-electron chi connectivity index (χ0n) is 11.2. The van der Waals surface area contributed by atoms with Crippen LogP contribution in [-0.2, 0) is 11.3 Å². The summed E-state index contributed by atoms with van der Waals surface area (Å²) in [7, 11) is 0. The van der Waals surface area contributed by atoms with Crippen LogP contribution in [0.2, 0.25) is 0 Å². The van der Waals surface area contributed by atoms with Crippen LogP contribution in [0.25, 0.3) is 0 Å². The lowest BCUT2D eigenvalue weighted by Gasteiger charge is -2.07. The van der Waals surface area contributed by atoms with Crippen molar-refractivity contribution >= 4 is 27.6 Å².